The number of fused-ring (bicyclic) bond motifs is 2. The van der Waals surface area contributed by atoms with Crippen molar-refractivity contribution >= 4 is 16.3 Å². The Hall–Kier alpha value is -2.66. The second kappa shape index (κ2) is 13.5. The van der Waals surface area contributed by atoms with Gasteiger partial charge >= 0.3 is 0 Å². The quantitative estimate of drug-likeness (QED) is 0.186. The van der Waals surface area contributed by atoms with Gasteiger partial charge < -0.3 is 9.05 Å². The molecule has 0 radical (unpaired) electrons. The third-order valence-corrected chi connectivity index (χ3v) is 16.6. The van der Waals surface area contributed by atoms with Crippen LogP contribution in [-0.2, 0) is 0 Å². The first-order valence-corrected chi connectivity index (χ1v) is 21.7. The Kier molecular flexibility index (Phi) is 8.97. The largest absolute Gasteiger partial charge is 0.352 e. The fraction of sp³-hybridized carbons (Fsp3) is 0.429. The van der Waals surface area contributed by atoms with Crippen molar-refractivity contribution in [2.24, 2.45) is 23.7 Å². The van der Waals surface area contributed by atoms with Crippen LogP contribution in [0.5, 0.6) is 11.5 Å². The van der Waals surface area contributed by atoms with Gasteiger partial charge in [-0.3, -0.25) is 0 Å². The molecule has 2 aliphatic heterocycles. The zero-order chi connectivity index (χ0) is 31.0. The van der Waals surface area contributed by atoms with Crippen LogP contribution < -0.4 is 9.05 Å². The van der Waals surface area contributed by atoms with Crippen molar-refractivity contribution in [1.29, 1.82) is 0 Å². The van der Waals surface area contributed by atoms with Crippen molar-refractivity contribution in [3.8, 4) is 44.9 Å². The first-order valence-electron chi connectivity index (χ1n) is 18.1. The van der Waals surface area contributed by atoms with E-state index in [0.717, 1.165) is 35.2 Å². The Labute approximate surface area is 279 Å². The lowest BCUT2D eigenvalue weighted by molar-refractivity contribution is 0.299. The highest BCUT2D eigenvalue weighted by Crippen LogP contribution is 2.60. The van der Waals surface area contributed by atoms with Crippen molar-refractivity contribution in [3.63, 3.8) is 0 Å². The molecule has 0 unspecified atom stereocenters. The summed E-state index contributed by atoms with van der Waals surface area (Å²) in [5.41, 5.74) is 10.0. The third-order valence-electron chi connectivity index (χ3n) is 11.7. The Morgan fingerprint density at radius 3 is 1.15 bits per heavy atom. The van der Waals surface area contributed by atoms with Gasteiger partial charge in [-0.15, -0.1) is 0 Å². The summed E-state index contributed by atoms with van der Waals surface area (Å²) in [5, 5.41) is 0. The molecule has 2 saturated carbocycles. The van der Waals surface area contributed by atoms with Gasteiger partial charge in [0, 0.05) is 45.9 Å². The molecule has 0 spiro atoms. The van der Waals surface area contributed by atoms with Crippen molar-refractivity contribution in [3.05, 3.63) is 96.1 Å². The molecule has 4 atom stereocenters. The maximum absolute atomic E-state index is 7.48. The lowest BCUT2D eigenvalue weighted by atomic mass is 9.82. The van der Waals surface area contributed by atoms with Crippen LogP contribution in [0, 0.1) is 37.5 Å². The summed E-state index contributed by atoms with van der Waals surface area (Å²) in [6, 6.07) is 31.2. The first kappa shape index (κ1) is 30.7. The second-order valence-corrected chi connectivity index (χ2v) is 18.9. The van der Waals surface area contributed by atoms with Crippen LogP contribution in [-0.4, -0.2) is 24.6 Å². The van der Waals surface area contributed by atoms with Gasteiger partial charge in [0.2, 0.25) is 0 Å². The van der Waals surface area contributed by atoms with Gasteiger partial charge in [0.25, 0.3) is 0 Å². The third kappa shape index (κ3) is 6.06. The molecule has 2 nitrogen and oxygen atoms in total. The summed E-state index contributed by atoms with van der Waals surface area (Å²) in [7, 11) is -1.95. The van der Waals surface area contributed by atoms with Crippen LogP contribution in [0.25, 0.3) is 33.4 Å². The summed E-state index contributed by atoms with van der Waals surface area (Å²) in [6.07, 6.45) is 16.4. The van der Waals surface area contributed by atoms with E-state index in [1.54, 1.807) is 0 Å². The van der Waals surface area contributed by atoms with E-state index in [1.807, 2.05) is 0 Å². The Morgan fingerprint density at radius 1 is 0.457 bits per heavy atom. The van der Waals surface area contributed by atoms with E-state index in [9.17, 15) is 0 Å². The average molecular weight is 649 g/mol. The smallest absolute Gasteiger partial charge is 0.188 e. The maximum Gasteiger partial charge on any atom is 0.188 e. The van der Waals surface area contributed by atoms with Crippen molar-refractivity contribution < 1.29 is 9.05 Å². The van der Waals surface area contributed by atoms with Gasteiger partial charge in [-0.05, 0) is 61.8 Å². The molecular weight excluding hydrogens is 598 g/mol. The predicted molar refractivity (Wildman–Crippen MR) is 200 cm³/mol. The van der Waals surface area contributed by atoms with Gasteiger partial charge in [-0.2, -0.15) is 0 Å². The minimum absolute atomic E-state index is 0.869. The zero-order valence-corrected chi connectivity index (χ0v) is 29.7. The minimum Gasteiger partial charge on any atom is -0.352 e. The minimum atomic E-state index is -0.977. The van der Waals surface area contributed by atoms with Gasteiger partial charge in [0.05, 0.1) is 24.6 Å². The number of hydrogen-bond acceptors (Lipinski definition) is 2. The van der Waals surface area contributed by atoms with Gasteiger partial charge in [-0.25, -0.2) is 0 Å². The van der Waals surface area contributed by atoms with Crippen LogP contribution in [0.2, 0.25) is 0 Å². The molecular formula is C42H50O2P2+2. The van der Waals surface area contributed by atoms with E-state index >= 15 is 0 Å². The highest BCUT2D eigenvalue weighted by molar-refractivity contribution is 7.53. The number of hydrogen-bond donors (Lipinski definition) is 0. The summed E-state index contributed by atoms with van der Waals surface area (Å²) in [4.78, 5) is 0. The maximum atomic E-state index is 7.48. The van der Waals surface area contributed by atoms with Crippen LogP contribution >= 0.6 is 16.3 Å². The van der Waals surface area contributed by atoms with Crippen molar-refractivity contribution in [1.82, 2.24) is 0 Å². The van der Waals surface area contributed by atoms with Crippen LogP contribution in [0.1, 0.15) is 62.5 Å². The molecule has 4 aliphatic rings. The molecule has 4 aromatic carbocycles. The fourth-order valence-electron chi connectivity index (χ4n) is 9.32. The molecule has 4 aromatic rings. The SMILES string of the molecule is Cc1ccc(-c2ccccc2)c(O[PH+]2C[C@H]3CCCC[C@@H]3C2)c1-c1c(C)ccc(-c2ccccc2)c1O[PH+]1C[C@H]2CCCC[C@@H]2C1. The number of benzene rings is 4. The van der Waals surface area contributed by atoms with Crippen LogP contribution in [0.15, 0.2) is 84.9 Å². The number of aryl methyl sites for hydroxylation is 2. The van der Waals surface area contributed by atoms with Crippen molar-refractivity contribution in [2.75, 3.05) is 24.6 Å². The van der Waals surface area contributed by atoms with Gasteiger partial charge in [-0.1, -0.05) is 111 Å². The van der Waals surface area contributed by atoms with E-state index in [0.29, 0.717) is 0 Å². The summed E-state index contributed by atoms with van der Waals surface area (Å²) in [6.45, 7) is 4.58. The van der Waals surface area contributed by atoms with E-state index in [4.69, 9.17) is 9.05 Å². The molecule has 0 aromatic heterocycles. The molecule has 2 saturated heterocycles. The standard InChI is InChI=1S/C42H48O2P2/c1-29-21-23-37(31-13-5-3-6-14-31)41(43-45-25-33-17-9-10-18-34(33)26-45)39(29)40-30(2)22-24-38(32-15-7-4-8-16-32)42(40)44-46-27-35-19-11-12-20-36(35)28-46/h3-8,13-16,21-24,33-36H,9-12,17-20,25-28H2,1-2H3/p+2/t33-,34-,35-,36-/m1/s1. The topological polar surface area (TPSA) is 18.5 Å². The predicted octanol–water partition coefficient (Wildman–Crippen LogP) is 12.0. The molecule has 0 amide bonds. The van der Waals surface area contributed by atoms with Gasteiger partial charge in [0.15, 0.2) is 27.8 Å². The average Bonchev–Trinajstić information content (AvgIpc) is 3.70. The molecule has 238 valence electrons. The monoisotopic (exact) mass is 648 g/mol. The first-order chi connectivity index (χ1) is 22.6. The zero-order valence-electron chi connectivity index (χ0n) is 27.7. The lowest BCUT2D eigenvalue weighted by Crippen LogP contribution is -2.16. The normalized spacial score (nSPS) is 24.8. The summed E-state index contributed by atoms with van der Waals surface area (Å²) in [5.74, 6) is 5.69. The summed E-state index contributed by atoms with van der Waals surface area (Å²) >= 11 is 0. The molecule has 4 fully saturated rings. The van der Waals surface area contributed by atoms with E-state index < -0.39 is 16.3 Å². The molecule has 2 heterocycles. The molecule has 0 bridgehead atoms. The van der Waals surface area contributed by atoms with E-state index in [2.05, 4.69) is 98.8 Å². The molecule has 46 heavy (non-hydrogen) atoms. The number of rotatable bonds is 7. The van der Waals surface area contributed by atoms with Gasteiger partial charge in [0.1, 0.15) is 0 Å². The molecule has 0 N–H and O–H groups in total. The lowest BCUT2D eigenvalue weighted by Gasteiger charge is -2.22. The second-order valence-electron chi connectivity index (χ2n) is 14.7. The Morgan fingerprint density at radius 2 is 0.804 bits per heavy atom. The molecule has 2 aliphatic carbocycles. The van der Waals surface area contributed by atoms with E-state index in [1.165, 1.54) is 121 Å². The van der Waals surface area contributed by atoms with Crippen LogP contribution in [0.4, 0.5) is 0 Å². The van der Waals surface area contributed by atoms with Crippen LogP contribution in [0.3, 0.4) is 0 Å². The molecule has 8 rings (SSSR count). The Balaban J connectivity index is 1.29. The Bertz CT molecular complexity index is 1520. The highest BCUT2D eigenvalue weighted by atomic mass is 31.1. The van der Waals surface area contributed by atoms with Crippen molar-refractivity contribution in [2.45, 2.75) is 65.2 Å². The molecule has 4 heteroatoms. The highest BCUT2D eigenvalue weighted by Gasteiger charge is 2.45. The summed E-state index contributed by atoms with van der Waals surface area (Å²) < 4.78 is 15.0. The fourth-order valence-corrected chi connectivity index (χ4v) is 15.5. The van der Waals surface area contributed by atoms with E-state index in [-0.39, 0.29) is 0 Å².